The molecular formula is C15H15ClO2S. The van der Waals surface area contributed by atoms with Crippen LogP contribution in [0.2, 0.25) is 4.34 Å². The van der Waals surface area contributed by atoms with Crippen LogP contribution in [0, 0.1) is 0 Å². The Labute approximate surface area is 122 Å². The van der Waals surface area contributed by atoms with E-state index in [1.165, 1.54) is 11.3 Å². The van der Waals surface area contributed by atoms with Crippen molar-refractivity contribution < 1.29 is 9.53 Å². The molecule has 0 saturated carbocycles. The highest BCUT2D eigenvalue weighted by atomic mass is 35.5. The molecule has 19 heavy (non-hydrogen) atoms. The van der Waals surface area contributed by atoms with Gasteiger partial charge in [-0.15, -0.1) is 11.3 Å². The summed E-state index contributed by atoms with van der Waals surface area (Å²) in [7, 11) is 0. The van der Waals surface area contributed by atoms with Crippen LogP contribution in [0.5, 0.6) is 5.75 Å². The molecular weight excluding hydrogens is 280 g/mol. The van der Waals surface area contributed by atoms with E-state index < -0.39 is 6.10 Å². The Morgan fingerprint density at radius 1 is 1.32 bits per heavy atom. The van der Waals surface area contributed by atoms with Gasteiger partial charge in [0.2, 0.25) is 5.78 Å². The molecule has 0 aliphatic carbocycles. The SMILES string of the molecule is CCc1ccccc1OC(C)C(=O)c1ccc(Cl)s1. The lowest BCUT2D eigenvalue weighted by molar-refractivity contribution is 0.0821. The Balaban J connectivity index is 2.12. The van der Waals surface area contributed by atoms with Gasteiger partial charge >= 0.3 is 0 Å². The number of carbonyl (C=O) groups excluding carboxylic acids is 1. The number of benzene rings is 1. The Kier molecular flexibility index (Phi) is 4.61. The van der Waals surface area contributed by atoms with Crippen LogP contribution in [0.1, 0.15) is 29.1 Å². The van der Waals surface area contributed by atoms with Gasteiger partial charge in [0.15, 0.2) is 6.10 Å². The number of halogens is 1. The number of carbonyl (C=O) groups is 1. The van der Waals surface area contributed by atoms with Crippen LogP contribution < -0.4 is 4.74 Å². The third-order valence-corrected chi connectivity index (χ3v) is 4.09. The predicted octanol–water partition coefficient (Wildman–Crippen LogP) is 4.61. The van der Waals surface area contributed by atoms with Crippen LogP contribution in [0.3, 0.4) is 0 Å². The summed E-state index contributed by atoms with van der Waals surface area (Å²) < 4.78 is 6.39. The van der Waals surface area contributed by atoms with Crippen molar-refractivity contribution in [1.29, 1.82) is 0 Å². The van der Waals surface area contributed by atoms with E-state index in [1.54, 1.807) is 19.1 Å². The summed E-state index contributed by atoms with van der Waals surface area (Å²) in [5, 5.41) is 0. The smallest absolute Gasteiger partial charge is 0.212 e. The minimum Gasteiger partial charge on any atom is -0.482 e. The van der Waals surface area contributed by atoms with Gasteiger partial charge in [-0.3, -0.25) is 4.79 Å². The maximum Gasteiger partial charge on any atom is 0.212 e. The Bertz CT molecular complexity index is 577. The summed E-state index contributed by atoms with van der Waals surface area (Å²) in [5.41, 5.74) is 1.10. The lowest BCUT2D eigenvalue weighted by Crippen LogP contribution is -2.23. The molecule has 0 saturated heterocycles. The largest absolute Gasteiger partial charge is 0.482 e. The second-order valence-corrected chi connectivity index (χ2v) is 5.90. The van der Waals surface area contributed by atoms with Gasteiger partial charge in [0, 0.05) is 0 Å². The van der Waals surface area contributed by atoms with E-state index in [4.69, 9.17) is 16.3 Å². The number of ether oxygens (including phenoxy) is 1. The van der Waals surface area contributed by atoms with E-state index in [-0.39, 0.29) is 5.78 Å². The number of hydrogen-bond acceptors (Lipinski definition) is 3. The topological polar surface area (TPSA) is 26.3 Å². The average molecular weight is 295 g/mol. The van der Waals surface area contributed by atoms with Gasteiger partial charge in [-0.1, -0.05) is 36.7 Å². The molecule has 1 heterocycles. The van der Waals surface area contributed by atoms with Crippen molar-refractivity contribution in [2.75, 3.05) is 0 Å². The lowest BCUT2D eigenvalue weighted by atomic mass is 10.1. The van der Waals surface area contributed by atoms with Crippen molar-refractivity contribution in [3.63, 3.8) is 0 Å². The maximum absolute atomic E-state index is 12.2. The van der Waals surface area contributed by atoms with Crippen molar-refractivity contribution >= 4 is 28.7 Å². The third kappa shape index (κ3) is 3.37. The second kappa shape index (κ2) is 6.22. The van der Waals surface area contributed by atoms with Gasteiger partial charge in [0.25, 0.3) is 0 Å². The molecule has 2 rings (SSSR count). The molecule has 0 aliphatic heterocycles. The summed E-state index contributed by atoms with van der Waals surface area (Å²) in [6.07, 6.45) is 0.365. The van der Waals surface area contributed by atoms with Crippen molar-refractivity contribution in [2.45, 2.75) is 26.4 Å². The van der Waals surface area contributed by atoms with E-state index in [0.717, 1.165) is 17.7 Å². The minimum absolute atomic E-state index is 0.0391. The zero-order valence-electron chi connectivity index (χ0n) is 10.9. The Hall–Kier alpha value is -1.32. The molecule has 0 fully saturated rings. The number of rotatable bonds is 5. The first-order chi connectivity index (χ1) is 9.11. The quantitative estimate of drug-likeness (QED) is 0.753. The summed E-state index contributed by atoms with van der Waals surface area (Å²) in [4.78, 5) is 12.8. The molecule has 1 aromatic carbocycles. The number of thiophene rings is 1. The molecule has 1 atom stereocenters. The normalized spacial score (nSPS) is 12.2. The maximum atomic E-state index is 12.2. The van der Waals surface area contributed by atoms with Gasteiger partial charge in [-0.05, 0) is 37.1 Å². The minimum atomic E-state index is -0.512. The van der Waals surface area contributed by atoms with Gasteiger partial charge in [-0.25, -0.2) is 0 Å². The van der Waals surface area contributed by atoms with Crippen LogP contribution in [0.4, 0.5) is 0 Å². The number of para-hydroxylation sites is 1. The van der Waals surface area contributed by atoms with E-state index in [2.05, 4.69) is 6.92 Å². The first-order valence-electron chi connectivity index (χ1n) is 6.16. The van der Waals surface area contributed by atoms with Crippen LogP contribution in [-0.4, -0.2) is 11.9 Å². The molecule has 1 aromatic heterocycles. The average Bonchev–Trinajstić information content (AvgIpc) is 2.85. The Morgan fingerprint density at radius 3 is 2.68 bits per heavy atom. The fourth-order valence-electron chi connectivity index (χ4n) is 1.80. The van der Waals surface area contributed by atoms with E-state index in [1.807, 2.05) is 24.3 Å². The molecule has 0 bridgehead atoms. The standard InChI is InChI=1S/C15H15ClO2S/c1-3-11-6-4-5-7-12(11)18-10(2)15(17)13-8-9-14(16)19-13/h4-10H,3H2,1-2H3. The fourth-order valence-corrected chi connectivity index (χ4v) is 2.86. The predicted molar refractivity (Wildman–Crippen MR) is 79.6 cm³/mol. The molecule has 100 valence electrons. The molecule has 1 unspecified atom stereocenters. The van der Waals surface area contributed by atoms with Crippen LogP contribution in [-0.2, 0) is 6.42 Å². The molecule has 0 N–H and O–H groups in total. The molecule has 2 nitrogen and oxygen atoms in total. The van der Waals surface area contributed by atoms with Crippen LogP contribution in [0.25, 0.3) is 0 Å². The summed E-state index contributed by atoms with van der Waals surface area (Å²) in [6.45, 7) is 3.83. The number of hydrogen-bond donors (Lipinski definition) is 0. The zero-order chi connectivity index (χ0) is 13.8. The second-order valence-electron chi connectivity index (χ2n) is 4.19. The van der Waals surface area contributed by atoms with Gasteiger partial charge in [-0.2, -0.15) is 0 Å². The number of Topliss-reactive ketones (excluding diaryl/α,β-unsaturated/α-hetero) is 1. The third-order valence-electron chi connectivity index (χ3n) is 2.84. The molecule has 0 spiro atoms. The first kappa shape index (κ1) is 14.1. The highest BCUT2D eigenvalue weighted by Crippen LogP contribution is 2.25. The number of aryl methyl sites for hydroxylation is 1. The first-order valence-corrected chi connectivity index (χ1v) is 7.35. The molecule has 2 aromatic rings. The van der Waals surface area contributed by atoms with Gasteiger partial charge in [0.1, 0.15) is 5.75 Å². The lowest BCUT2D eigenvalue weighted by Gasteiger charge is -2.15. The van der Waals surface area contributed by atoms with Gasteiger partial charge < -0.3 is 4.74 Å². The molecule has 0 radical (unpaired) electrons. The number of ketones is 1. The van der Waals surface area contributed by atoms with Crippen LogP contribution in [0.15, 0.2) is 36.4 Å². The fraction of sp³-hybridized carbons (Fsp3) is 0.267. The van der Waals surface area contributed by atoms with Crippen molar-refractivity contribution in [3.8, 4) is 5.75 Å². The molecule has 0 aliphatic rings. The van der Waals surface area contributed by atoms with Crippen molar-refractivity contribution in [3.05, 3.63) is 51.2 Å². The van der Waals surface area contributed by atoms with E-state index in [9.17, 15) is 4.79 Å². The summed E-state index contributed by atoms with van der Waals surface area (Å²) >= 11 is 7.12. The zero-order valence-corrected chi connectivity index (χ0v) is 12.4. The van der Waals surface area contributed by atoms with Crippen LogP contribution >= 0.6 is 22.9 Å². The van der Waals surface area contributed by atoms with Gasteiger partial charge in [0.05, 0.1) is 9.21 Å². The Morgan fingerprint density at radius 2 is 2.05 bits per heavy atom. The highest BCUT2D eigenvalue weighted by molar-refractivity contribution is 7.18. The summed E-state index contributed by atoms with van der Waals surface area (Å²) in [5.74, 6) is 0.733. The van der Waals surface area contributed by atoms with E-state index >= 15 is 0 Å². The summed E-state index contributed by atoms with van der Waals surface area (Å²) in [6, 6.07) is 11.2. The molecule has 0 amide bonds. The molecule has 4 heteroatoms. The monoisotopic (exact) mass is 294 g/mol. The van der Waals surface area contributed by atoms with E-state index in [0.29, 0.717) is 9.21 Å². The van der Waals surface area contributed by atoms with Crippen molar-refractivity contribution in [1.82, 2.24) is 0 Å². The highest BCUT2D eigenvalue weighted by Gasteiger charge is 2.19. The van der Waals surface area contributed by atoms with Crippen molar-refractivity contribution in [2.24, 2.45) is 0 Å².